The van der Waals surface area contributed by atoms with E-state index in [2.05, 4.69) is 24.1 Å². The minimum atomic E-state index is -0.522. The van der Waals surface area contributed by atoms with Crippen LogP contribution in [0.15, 0.2) is 12.2 Å². The molecule has 2 atom stereocenters. The van der Waals surface area contributed by atoms with Gasteiger partial charge in [0.2, 0.25) is 5.91 Å². The number of ether oxygens (including phenoxy) is 2. The maximum Gasteiger partial charge on any atom is 0.333 e. The van der Waals surface area contributed by atoms with E-state index in [-0.39, 0.29) is 41.6 Å². The maximum absolute atomic E-state index is 11.9. The van der Waals surface area contributed by atoms with Crippen molar-refractivity contribution >= 4 is 35.2 Å². The van der Waals surface area contributed by atoms with Crippen molar-refractivity contribution in [2.45, 2.75) is 26.2 Å². The largest absolute Gasteiger partial charge is 0.462 e. The summed E-state index contributed by atoms with van der Waals surface area (Å²) in [6, 6.07) is 0. The van der Waals surface area contributed by atoms with Crippen molar-refractivity contribution in [3.63, 3.8) is 0 Å². The van der Waals surface area contributed by atoms with Crippen LogP contribution in [-0.4, -0.2) is 36.2 Å². The average Bonchev–Trinajstić information content (AvgIpc) is 2.92. The van der Waals surface area contributed by atoms with Gasteiger partial charge in [-0.2, -0.15) is 0 Å². The highest BCUT2D eigenvalue weighted by molar-refractivity contribution is 7.80. The van der Waals surface area contributed by atoms with Gasteiger partial charge < -0.3 is 20.5 Å². The Labute approximate surface area is 134 Å². The van der Waals surface area contributed by atoms with Gasteiger partial charge in [0.15, 0.2) is 5.11 Å². The number of esters is 2. The Morgan fingerprint density at radius 1 is 1.23 bits per heavy atom. The number of thiocarbonyl (C=S) groups is 1. The molecule has 0 aromatic carbocycles. The van der Waals surface area contributed by atoms with Crippen molar-refractivity contribution in [2.24, 2.45) is 17.6 Å². The lowest BCUT2D eigenvalue weighted by atomic mass is 10.0. The first-order valence-electron chi connectivity index (χ1n) is 6.90. The number of carbonyl (C=O) groups excluding carboxylic acids is 3. The SMILES string of the molecule is C=C(C)C(=O)OCCOC(=O)C1CCC(C(=O)NC(N)=S)C1. The highest BCUT2D eigenvalue weighted by Gasteiger charge is 2.34. The molecule has 1 aliphatic rings. The van der Waals surface area contributed by atoms with E-state index in [0.717, 1.165) is 0 Å². The van der Waals surface area contributed by atoms with E-state index < -0.39 is 11.9 Å². The predicted octanol–water partition coefficient (Wildman–Crippen LogP) is 0.425. The van der Waals surface area contributed by atoms with Crippen molar-refractivity contribution < 1.29 is 23.9 Å². The van der Waals surface area contributed by atoms with Gasteiger partial charge in [0.25, 0.3) is 0 Å². The normalized spacial score (nSPS) is 20.0. The van der Waals surface area contributed by atoms with Crippen LogP contribution < -0.4 is 11.1 Å². The van der Waals surface area contributed by atoms with Gasteiger partial charge in [0.1, 0.15) is 13.2 Å². The first-order chi connectivity index (χ1) is 10.3. The van der Waals surface area contributed by atoms with Crippen LogP contribution in [0.5, 0.6) is 0 Å². The van der Waals surface area contributed by atoms with Gasteiger partial charge in [-0.3, -0.25) is 9.59 Å². The molecular formula is C14H20N2O5S. The second-order valence-corrected chi connectivity index (χ2v) is 5.58. The van der Waals surface area contributed by atoms with Crippen molar-refractivity contribution in [1.82, 2.24) is 5.32 Å². The van der Waals surface area contributed by atoms with E-state index >= 15 is 0 Å². The molecule has 0 heterocycles. The molecule has 3 N–H and O–H groups in total. The van der Waals surface area contributed by atoms with Crippen LogP contribution in [-0.2, 0) is 23.9 Å². The molecule has 1 rings (SSSR count). The monoisotopic (exact) mass is 328 g/mol. The molecule has 0 aliphatic heterocycles. The van der Waals surface area contributed by atoms with Gasteiger partial charge in [-0.15, -0.1) is 0 Å². The Balaban J connectivity index is 2.27. The first kappa shape index (κ1) is 18.1. The fourth-order valence-corrected chi connectivity index (χ4v) is 2.28. The molecule has 8 heteroatoms. The lowest BCUT2D eigenvalue weighted by molar-refractivity contribution is -0.153. The van der Waals surface area contributed by atoms with E-state index in [9.17, 15) is 14.4 Å². The lowest BCUT2D eigenvalue weighted by Gasteiger charge is -2.11. The van der Waals surface area contributed by atoms with E-state index in [0.29, 0.717) is 19.3 Å². The second kappa shape index (κ2) is 8.47. The Hall–Kier alpha value is -1.96. The summed E-state index contributed by atoms with van der Waals surface area (Å²) >= 11 is 4.60. The fraction of sp³-hybridized carbons (Fsp3) is 0.571. The Bertz CT molecular complexity index is 492. The highest BCUT2D eigenvalue weighted by atomic mass is 32.1. The van der Waals surface area contributed by atoms with E-state index in [1.54, 1.807) is 0 Å². The smallest absolute Gasteiger partial charge is 0.333 e. The summed E-state index contributed by atoms with van der Waals surface area (Å²) in [5.74, 6) is -1.80. The van der Waals surface area contributed by atoms with Gasteiger partial charge in [0.05, 0.1) is 5.92 Å². The quantitative estimate of drug-likeness (QED) is 0.315. The number of nitrogens with one attached hydrogen (secondary N) is 1. The third kappa shape index (κ3) is 5.80. The molecule has 7 nitrogen and oxygen atoms in total. The van der Waals surface area contributed by atoms with Gasteiger partial charge in [0, 0.05) is 11.5 Å². The third-order valence-corrected chi connectivity index (χ3v) is 3.39. The molecule has 0 aromatic rings. The van der Waals surface area contributed by atoms with Gasteiger partial charge in [-0.05, 0) is 38.4 Å². The number of amides is 1. The number of rotatable bonds is 6. The van der Waals surface area contributed by atoms with E-state index in [1.165, 1.54) is 6.92 Å². The van der Waals surface area contributed by atoms with Crippen LogP contribution in [0.1, 0.15) is 26.2 Å². The Morgan fingerprint density at radius 2 is 1.82 bits per heavy atom. The minimum absolute atomic E-state index is 0.0158. The van der Waals surface area contributed by atoms with Crippen molar-refractivity contribution in [3.8, 4) is 0 Å². The minimum Gasteiger partial charge on any atom is -0.462 e. The summed E-state index contributed by atoms with van der Waals surface area (Å²) < 4.78 is 9.85. The summed E-state index contributed by atoms with van der Waals surface area (Å²) in [6.07, 6.45) is 1.55. The van der Waals surface area contributed by atoms with Gasteiger partial charge in [-0.1, -0.05) is 6.58 Å². The van der Waals surface area contributed by atoms with Crippen molar-refractivity contribution in [1.29, 1.82) is 0 Å². The molecule has 122 valence electrons. The molecule has 1 fully saturated rings. The van der Waals surface area contributed by atoms with Crippen molar-refractivity contribution in [3.05, 3.63) is 12.2 Å². The standard InChI is InChI=1S/C14H20N2O5S/c1-8(2)12(18)20-5-6-21-13(19)10-4-3-9(7-10)11(17)16-14(15)22/h9-10H,1,3-7H2,2H3,(H3,15,16,17,22). The first-order valence-corrected chi connectivity index (χ1v) is 7.31. The summed E-state index contributed by atoms with van der Waals surface area (Å²) in [4.78, 5) is 34.7. The molecule has 0 saturated heterocycles. The van der Waals surface area contributed by atoms with Crippen LogP contribution in [0.25, 0.3) is 0 Å². The van der Waals surface area contributed by atoms with E-state index in [4.69, 9.17) is 15.2 Å². The fourth-order valence-electron chi connectivity index (χ4n) is 2.17. The molecule has 1 aliphatic carbocycles. The molecule has 2 unspecified atom stereocenters. The van der Waals surface area contributed by atoms with E-state index in [1.807, 2.05) is 0 Å². The van der Waals surface area contributed by atoms with Crippen LogP contribution in [0, 0.1) is 11.8 Å². The summed E-state index contributed by atoms with van der Waals surface area (Å²) in [7, 11) is 0. The zero-order chi connectivity index (χ0) is 16.7. The number of hydrogen-bond donors (Lipinski definition) is 2. The van der Waals surface area contributed by atoms with Crippen LogP contribution in [0.4, 0.5) is 0 Å². The van der Waals surface area contributed by atoms with Crippen LogP contribution >= 0.6 is 12.2 Å². The molecule has 1 saturated carbocycles. The predicted molar refractivity (Wildman–Crippen MR) is 82.5 cm³/mol. The Kier molecular flexibility index (Phi) is 6.97. The zero-order valence-corrected chi connectivity index (χ0v) is 13.2. The molecule has 0 bridgehead atoms. The van der Waals surface area contributed by atoms with Gasteiger partial charge in [-0.25, -0.2) is 4.79 Å². The van der Waals surface area contributed by atoms with Crippen molar-refractivity contribution in [2.75, 3.05) is 13.2 Å². The molecular weight excluding hydrogens is 308 g/mol. The number of hydrogen-bond acceptors (Lipinski definition) is 6. The lowest BCUT2D eigenvalue weighted by Crippen LogP contribution is -2.38. The molecule has 0 spiro atoms. The summed E-state index contributed by atoms with van der Waals surface area (Å²) in [6.45, 7) is 4.94. The number of nitrogens with two attached hydrogens (primary N) is 1. The van der Waals surface area contributed by atoms with Gasteiger partial charge >= 0.3 is 11.9 Å². The molecule has 0 radical (unpaired) electrons. The average molecular weight is 328 g/mol. The molecule has 0 aromatic heterocycles. The number of carbonyl (C=O) groups is 3. The summed E-state index contributed by atoms with van der Waals surface area (Å²) in [5.41, 5.74) is 5.53. The van der Waals surface area contributed by atoms with Crippen LogP contribution in [0.3, 0.4) is 0 Å². The highest BCUT2D eigenvalue weighted by Crippen LogP contribution is 2.31. The summed E-state index contributed by atoms with van der Waals surface area (Å²) in [5, 5.41) is 2.30. The maximum atomic E-state index is 11.9. The Morgan fingerprint density at radius 3 is 2.41 bits per heavy atom. The topological polar surface area (TPSA) is 108 Å². The van der Waals surface area contributed by atoms with Crippen LogP contribution in [0.2, 0.25) is 0 Å². The third-order valence-electron chi connectivity index (χ3n) is 3.29. The zero-order valence-electron chi connectivity index (χ0n) is 12.4. The second-order valence-electron chi connectivity index (χ2n) is 5.14. The molecule has 1 amide bonds. The molecule has 22 heavy (non-hydrogen) atoms.